The van der Waals surface area contributed by atoms with Crippen LogP contribution in [0.4, 0.5) is 22.0 Å². The molecule has 1 aromatic rings. The van der Waals surface area contributed by atoms with Crippen LogP contribution < -0.4 is 4.74 Å². The first-order valence-corrected chi connectivity index (χ1v) is 5.89. The van der Waals surface area contributed by atoms with Crippen LogP contribution in [0.2, 0.25) is 0 Å². The number of aromatic nitrogens is 1. The monoisotopic (exact) mass is 344 g/mol. The van der Waals surface area contributed by atoms with Gasteiger partial charge in [0.2, 0.25) is 5.88 Å². The van der Waals surface area contributed by atoms with Gasteiger partial charge in [0.25, 0.3) is 6.43 Å². The number of nitriles is 1. The van der Waals surface area contributed by atoms with Crippen LogP contribution in [-0.2, 0) is 11.8 Å². The fourth-order valence-corrected chi connectivity index (χ4v) is 2.05. The maximum absolute atomic E-state index is 12.7. The Morgan fingerprint density at radius 3 is 2.42 bits per heavy atom. The SMILES string of the molecule is N#CCc1c(OC(F)(F)F)ncc(C(F)F)c1CBr. The molecule has 0 bridgehead atoms. The minimum Gasteiger partial charge on any atom is -0.388 e. The summed E-state index contributed by atoms with van der Waals surface area (Å²) in [5, 5.41) is 8.44. The van der Waals surface area contributed by atoms with Gasteiger partial charge < -0.3 is 4.74 Å². The molecule has 0 aromatic carbocycles. The average molecular weight is 345 g/mol. The van der Waals surface area contributed by atoms with E-state index in [1.165, 1.54) is 0 Å². The summed E-state index contributed by atoms with van der Waals surface area (Å²) < 4.78 is 65.5. The van der Waals surface area contributed by atoms with Crippen molar-refractivity contribution in [1.29, 1.82) is 5.26 Å². The molecule has 0 atom stereocenters. The molecule has 0 aliphatic carbocycles. The summed E-state index contributed by atoms with van der Waals surface area (Å²) in [6.07, 6.45) is -7.81. The lowest BCUT2D eigenvalue weighted by Gasteiger charge is -2.15. The zero-order valence-corrected chi connectivity index (χ0v) is 10.7. The highest BCUT2D eigenvalue weighted by Crippen LogP contribution is 2.33. The Morgan fingerprint density at radius 1 is 1.37 bits per heavy atom. The first kappa shape index (κ1) is 15.6. The molecule has 104 valence electrons. The number of rotatable bonds is 4. The lowest BCUT2D eigenvalue weighted by molar-refractivity contribution is -0.276. The van der Waals surface area contributed by atoms with Crippen molar-refractivity contribution in [2.75, 3.05) is 0 Å². The summed E-state index contributed by atoms with van der Waals surface area (Å²) in [4.78, 5) is 3.22. The summed E-state index contributed by atoms with van der Waals surface area (Å²) in [5.41, 5.74) is -0.947. The Bertz CT molecular complexity index is 498. The molecule has 1 aromatic heterocycles. The highest BCUT2D eigenvalue weighted by atomic mass is 79.9. The van der Waals surface area contributed by atoms with Gasteiger partial charge in [-0.15, -0.1) is 13.2 Å². The van der Waals surface area contributed by atoms with Gasteiger partial charge in [-0.3, -0.25) is 0 Å². The van der Waals surface area contributed by atoms with Gasteiger partial charge in [-0.25, -0.2) is 13.8 Å². The molecule has 19 heavy (non-hydrogen) atoms. The lowest BCUT2D eigenvalue weighted by Crippen LogP contribution is -2.20. The molecule has 0 aliphatic heterocycles. The van der Waals surface area contributed by atoms with Crippen LogP contribution in [0.1, 0.15) is 23.1 Å². The van der Waals surface area contributed by atoms with Crippen molar-refractivity contribution in [3.8, 4) is 11.9 Å². The highest BCUT2D eigenvalue weighted by Gasteiger charge is 2.34. The highest BCUT2D eigenvalue weighted by molar-refractivity contribution is 9.08. The molecular formula is C10H6BrF5N2O. The normalized spacial score (nSPS) is 11.5. The van der Waals surface area contributed by atoms with Crippen molar-refractivity contribution in [1.82, 2.24) is 4.98 Å². The summed E-state index contributed by atoms with van der Waals surface area (Å²) in [6.45, 7) is 0. The molecule has 0 aliphatic rings. The van der Waals surface area contributed by atoms with Crippen LogP contribution in [0.5, 0.6) is 5.88 Å². The van der Waals surface area contributed by atoms with E-state index in [9.17, 15) is 22.0 Å². The molecule has 0 fully saturated rings. The number of halogens is 6. The molecule has 0 saturated carbocycles. The number of hydrogen-bond donors (Lipinski definition) is 0. The van der Waals surface area contributed by atoms with E-state index < -0.39 is 30.7 Å². The summed E-state index contributed by atoms with van der Waals surface area (Å²) >= 11 is 2.90. The van der Waals surface area contributed by atoms with Gasteiger partial charge in [-0.2, -0.15) is 5.26 Å². The third kappa shape index (κ3) is 4.02. The maximum atomic E-state index is 12.7. The van der Waals surface area contributed by atoms with Gasteiger partial charge >= 0.3 is 6.36 Å². The number of pyridine rings is 1. The van der Waals surface area contributed by atoms with E-state index in [4.69, 9.17) is 5.26 Å². The van der Waals surface area contributed by atoms with Crippen molar-refractivity contribution in [3.05, 3.63) is 22.9 Å². The molecule has 0 N–H and O–H groups in total. The lowest BCUT2D eigenvalue weighted by atomic mass is 10.0. The van der Waals surface area contributed by atoms with Gasteiger partial charge in [-0.1, -0.05) is 15.9 Å². The average Bonchev–Trinajstić information content (AvgIpc) is 2.28. The molecule has 9 heteroatoms. The zero-order chi connectivity index (χ0) is 14.6. The van der Waals surface area contributed by atoms with Crippen LogP contribution in [0.15, 0.2) is 6.20 Å². The van der Waals surface area contributed by atoms with Crippen LogP contribution in [0.3, 0.4) is 0 Å². The molecule has 1 rings (SSSR count). The topological polar surface area (TPSA) is 45.9 Å². The fourth-order valence-electron chi connectivity index (χ4n) is 1.39. The van der Waals surface area contributed by atoms with E-state index >= 15 is 0 Å². The van der Waals surface area contributed by atoms with Gasteiger partial charge in [0.15, 0.2) is 0 Å². The van der Waals surface area contributed by atoms with E-state index in [1.807, 2.05) is 0 Å². The number of nitrogens with zero attached hydrogens (tertiary/aromatic N) is 2. The number of ether oxygens (including phenoxy) is 1. The van der Waals surface area contributed by atoms with Gasteiger partial charge in [0.1, 0.15) is 0 Å². The largest absolute Gasteiger partial charge is 0.574 e. The first-order valence-electron chi connectivity index (χ1n) is 4.77. The van der Waals surface area contributed by atoms with Gasteiger partial charge in [0.05, 0.1) is 12.5 Å². The van der Waals surface area contributed by atoms with E-state index in [0.717, 1.165) is 0 Å². The summed E-state index contributed by atoms with van der Waals surface area (Å²) in [7, 11) is 0. The van der Waals surface area contributed by atoms with Crippen molar-refractivity contribution >= 4 is 15.9 Å². The van der Waals surface area contributed by atoms with E-state index in [-0.39, 0.29) is 16.5 Å². The Hall–Kier alpha value is -1.43. The molecule has 3 nitrogen and oxygen atoms in total. The standard InChI is InChI=1S/C10H6BrF5N2O/c11-3-6-5(1-2-17)9(19-10(14,15)16)18-4-7(6)8(12)13/h4,8H,1,3H2. The van der Waals surface area contributed by atoms with E-state index in [2.05, 4.69) is 25.7 Å². The van der Waals surface area contributed by atoms with E-state index in [0.29, 0.717) is 6.20 Å². The Labute approximate surface area is 113 Å². The summed E-state index contributed by atoms with van der Waals surface area (Å²) in [5.74, 6) is -0.882. The second-order valence-corrected chi connectivity index (χ2v) is 3.85. The Balaban J connectivity index is 3.37. The van der Waals surface area contributed by atoms with Gasteiger partial charge in [-0.05, 0) is 5.56 Å². The second-order valence-electron chi connectivity index (χ2n) is 3.29. The van der Waals surface area contributed by atoms with Gasteiger partial charge in [0, 0.05) is 22.7 Å². The predicted molar refractivity (Wildman–Crippen MR) is 57.8 cm³/mol. The maximum Gasteiger partial charge on any atom is 0.574 e. The zero-order valence-electron chi connectivity index (χ0n) is 9.14. The molecule has 0 radical (unpaired) electrons. The van der Waals surface area contributed by atoms with E-state index in [1.54, 1.807) is 6.07 Å². The van der Waals surface area contributed by atoms with Crippen molar-refractivity contribution in [3.63, 3.8) is 0 Å². The molecule has 1 heterocycles. The Morgan fingerprint density at radius 2 is 2.00 bits per heavy atom. The number of alkyl halides is 6. The molecule has 0 amide bonds. The quantitative estimate of drug-likeness (QED) is 0.615. The first-order chi connectivity index (χ1) is 8.80. The molecule has 0 spiro atoms. The van der Waals surface area contributed by atoms with Crippen LogP contribution in [-0.4, -0.2) is 11.3 Å². The molecule has 0 unspecified atom stereocenters. The molecule has 0 saturated heterocycles. The van der Waals surface area contributed by atoms with Crippen LogP contribution in [0.25, 0.3) is 0 Å². The third-order valence-electron chi connectivity index (χ3n) is 2.13. The third-order valence-corrected chi connectivity index (χ3v) is 2.69. The molecular weight excluding hydrogens is 339 g/mol. The van der Waals surface area contributed by atoms with Crippen LogP contribution in [0, 0.1) is 11.3 Å². The smallest absolute Gasteiger partial charge is 0.388 e. The number of hydrogen-bond acceptors (Lipinski definition) is 3. The predicted octanol–water partition coefficient (Wildman–Crippen LogP) is 3.88. The van der Waals surface area contributed by atoms with Crippen LogP contribution >= 0.6 is 15.9 Å². The van der Waals surface area contributed by atoms with Crippen molar-refractivity contribution in [2.45, 2.75) is 24.5 Å². The Kier molecular flexibility index (Phi) is 5.05. The fraction of sp³-hybridized carbons (Fsp3) is 0.400. The minimum atomic E-state index is -5.01. The van der Waals surface area contributed by atoms with Crippen molar-refractivity contribution in [2.24, 2.45) is 0 Å². The van der Waals surface area contributed by atoms with Crippen molar-refractivity contribution < 1.29 is 26.7 Å². The minimum absolute atomic E-state index is 0.120. The summed E-state index contributed by atoms with van der Waals surface area (Å²) in [6, 6.07) is 1.60. The second kappa shape index (κ2) is 6.14.